The fourth-order valence-electron chi connectivity index (χ4n) is 2.68. The lowest BCUT2D eigenvalue weighted by Crippen LogP contribution is -2.01. The second-order valence-electron chi connectivity index (χ2n) is 5.90. The lowest BCUT2D eigenvalue weighted by molar-refractivity contribution is 0.215. The highest BCUT2D eigenvalue weighted by Crippen LogP contribution is 2.25. The van der Waals surface area contributed by atoms with Crippen molar-refractivity contribution in [3.05, 3.63) is 70.5 Å². The topological polar surface area (TPSA) is 71.2 Å². The van der Waals surface area contributed by atoms with Crippen molar-refractivity contribution in [1.29, 1.82) is 0 Å². The van der Waals surface area contributed by atoms with Gasteiger partial charge >= 0.3 is 0 Å². The fourth-order valence-corrected chi connectivity index (χ4v) is 2.68. The third kappa shape index (κ3) is 3.10. The van der Waals surface area contributed by atoms with E-state index in [1.54, 1.807) is 12.3 Å². The van der Waals surface area contributed by atoms with Crippen LogP contribution in [0.3, 0.4) is 0 Å². The molecule has 0 saturated heterocycles. The molecule has 0 aliphatic carbocycles. The van der Waals surface area contributed by atoms with Gasteiger partial charge in [-0.3, -0.25) is 0 Å². The smallest absolute Gasteiger partial charge is 0.141 e. The fraction of sp³-hybridized carbons (Fsp3) is 0.222. The maximum absolute atomic E-state index is 10.5. The van der Waals surface area contributed by atoms with E-state index in [9.17, 15) is 10.2 Å². The molecular formula is C18H19N3O2. The predicted molar refractivity (Wildman–Crippen MR) is 87.7 cm³/mol. The van der Waals surface area contributed by atoms with Crippen molar-refractivity contribution < 1.29 is 10.2 Å². The molecule has 1 aromatic heterocycles. The van der Waals surface area contributed by atoms with Gasteiger partial charge in [-0.05, 0) is 44.0 Å². The summed E-state index contributed by atoms with van der Waals surface area (Å²) in [7, 11) is 0. The molecule has 2 N–H and O–H groups in total. The second kappa shape index (κ2) is 5.85. The zero-order valence-corrected chi connectivity index (χ0v) is 13.4. The monoisotopic (exact) mass is 309 g/mol. The standard InChI is InChI=1S/C18H19N3O2/c1-11-4-5-17(22)16(9-11)21-10-15(19-20-21)18(23)14-7-12(2)6-13(3)8-14/h4-10,18,22-23H,1-3H3. The van der Waals surface area contributed by atoms with Crippen molar-refractivity contribution >= 4 is 0 Å². The Balaban J connectivity index is 1.96. The molecule has 0 aliphatic rings. The Morgan fingerprint density at radius 2 is 1.65 bits per heavy atom. The van der Waals surface area contributed by atoms with Crippen molar-refractivity contribution in [2.45, 2.75) is 26.9 Å². The quantitative estimate of drug-likeness (QED) is 0.780. The van der Waals surface area contributed by atoms with Crippen LogP contribution in [0.15, 0.2) is 42.6 Å². The van der Waals surface area contributed by atoms with E-state index in [-0.39, 0.29) is 5.75 Å². The van der Waals surface area contributed by atoms with Crippen LogP contribution in [-0.4, -0.2) is 25.2 Å². The van der Waals surface area contributed by atoms with Gasteiger partial charge in [-0.15, -0.1) is 5.10 Å². The summed E-state index contributed by atoms with van der Waals surface area (Å²) in [4.78, 5) is 0. The molecule has 1 atom stereocenters. The van der Waals surface area contributed by atoms with Gasteiger partial charge in [0.2, 0.25) is 0 Å². The van der Waals surface area contributed by atoms with E-state index in [0.717, 1.165) is 22.3 Å². The summed E-state index contributed by atoms with van der Waals surface area (Å²) >= 11 is 0. The minimum absolute atomic E-state index is 0.118. The van der Waals surface area contributed by atoms with Crippen molar-refractivity contribution in [3.8, 4) is 11.4 Å². The molecule has 0 radical (unpaired) electrons. The first-order chi connectivity index (χ1) is 10.9. The molecule has 1 unspecified atom stereocenters. The number of hydrogen-bond donors (Lipinski definition) is 2. The molecule has 0 bridgehead atoms. The number of aromatic nitrogens is 3. The molecule has 0 spiro atoms. The largest absolute Gasteiger partial charge is 0.506 e. The van der Waals surface area contributed by atoms with Gasteiger partial charge in [0.15, 0.2) is 0 Å². The van der Waals surface area contributed by atoms with E-state index in [1.165, 1.54) is 4.68 Å². The highest BCUT2D eigenvalue weighted by Gasteiger charge is 2.16. The predicted octanol–water partition coefficient (Wildman–Crippen LogP) is 2.98. The van der Waals surface area contributed by atoms with E-state index in [1.807, 2.05) is 45.0 Å². The normalized spacial score (nSPS) is 12.3. The summed E-state index contributed by atoms with van der Waals surface area (Å²) in [6.45, 7) is 5.92. The molecule has 1 heterocycles. The Kier molecular flexibility index (Phi) is 3.88. The minimum Gasteiger partial charge on any atom is -0.506 e. The van der Waals surface area contributed by atoms with Crippen LogP contribution in [0.5, 0.6) is 5.75 Å². The number of hydrogen-bond acceptors (Lipinski definition) is 4. The highest BCUT2D eigenvalue weighted by molar-refractivity contribution is 5.47. The van der Waals surface area contributed by atoms with Gasteiger partial charge < -0.3 is 10.2 Å². The molecular weight excluding hydrogens is 290 g/mol. The molecule has 3 rings (SSSR count). The molecule has 2 aromatic carbocycles. The van der Waals surface area contributed by atoms with E-state index >= 15 is 0 Å². The Morgan fingerprint density at radius 3 is 2.35 bits per heavy atom. The number of benzene rings is 2. The zero-order valence-electron chi connectivity index (χ0n) is 13.4. The molecule has 0 aliphatic heterocycles. The number of phenols is 1. The molecule has 5 heteroatoms. The molecule has 118 valence electrons. The van der Waals surface area contributed by atoms with Gasteiger partial charge in [-0.25, -0.2) is 4.68 Å². The van der Waals surface area contributed by atoms with E-state index in [0.29, 0.717) is 11.4 Å². The van der Waals surface area contributed by atoms with E-state index < -0.39 is 6.10 Å². The Labute approximate surface area is 134 Å². The van der Waals surface area contributed by atoms with E-state index in [2.05, 4.69) is 16.4 Å². The minimum atomic E-state index is -0.852. The van der Waals surface area contributed by atoms with Gasteiger partial charge in [0.1, 0.15) is 23.2 Å². The molecule has 3 aromatic rings. The third-order valence-electron chi connectivity index (χ3n) is 3.73. The first kappa shape index (κ1) is 15.2. The molecule has 5 nitrogen and oxygen atoms in total. The molecule has 0 amide bonds. The van der Waals surface area contributed by atoms with Crippen LogP contribution >= 0.6 is 0 Å². The van der Waals surface area contributed by atoms with Crippen LogP contribution in [0.2, 0.25) is 0 Å². The Hall–Kier alpha value is -2.66. The van der Waals surface area contributed by atoms with Gasteiger partial charge in [0.05, 0.1) is 6.20 Å². The highest BCUT2D eigenvalue weighted by atomic mass is 16.3. The van der Waals surface area contributed by atoms with Gasteiger partial charge in [-0.2, -0.15) is 0 Å². The second-order valence-corrected chi connectivity index (χ2v) is 5.90. The summed E-state index contributed by atoms with van der Waals surface area (Å²) in [5.41, 5.74) is 4.94. The lowest BCUT2D eigenvalue weighted by atomic mass is 10.0. The first-order valence-corrected chi connectivity index (χ1v) is 7.42. The Bertz CT molecular complexity index is 835. The van der Waals surface area contributed by atoms with Crippen LogP contribution < -0.4 is 0 Å². The van der Waals surface area contributed by atoms with Crippen LogP contribution in [0.4, 0.5) is 0 Å². The van der Waals surface area contributed by atoms with Gasteiger partial charge in [0, 0.05) is 0 Å². The average Bonchev–Trinajstić information content (AvgIpc) is 2.97. The number of aliphatic hydroxyl groups is 1. The molecule has 23 heavy (non-hydrogen) atoms. The lowest BCUT2D eigenvalue weighted by Gasteiger charge is -2.10. The van der Waals surface area contributed by atoms with Crippen LogP contribution in [0, 0.1) is 20.8 Å². The maximum atomic E-state index is 10.5. The van der Waals surface area contributed by atoms with Crippen molar-refractivity contribution in [2.24, 2.45) is 0 Å². The summed E-state index contributed by atoms with van der Waals surface area (Å²) in [6.07, 6.45) is 0.783. The number of phenolic OH excluding ortho intramolecular Hbond substituents is 1. The van der Waals surface area contributed by atoms with E-state index in [4.69, 9.17) is 0 Å². The van der Waals surface area contributed by atoms with Crippen LogP contribution in [0.25, 0.3) is 5.69 Å². The van der Waals surface area contributed by atoms with Crippen LogP contribution in [-0.2, 0) is 0 Å². The van der Waals surface area contributed by atoms with Gasteiger partial charge in [-0.1, -0.05) is 40.6 Å². The first-order valence-electron chi connectivity index (χ1n) is 7.42. The summed E-state index contributed by atoms with van der Waals surface area (Å²) < 4.78 is 1.48. The molecule has 0 fully saturated rings. The third-order valence-corrected chi connectivity index (χ3v) is 3.73. The molecule has 0 saturated carbocycles. The number of aliphatic hydroxyl groups excluding tert-OH is 1. The zero-order chi connectivity index (χ0) is 16.6. The number of nitrogens with zero attached hydrogens (tertiary/aromatic N) is 3. The number of rotatable bonds is 3. The van der Waals surface area contributed by atoms with Crippen molar-refractivity contribution in [1.82, 2.24) is 15.0 Å². The van der Waals surface area contributed by atoms with Crippen LogP contribution in [0.1, 0.15) is 34.1 Å². The van der Waals surface area contributed by atoms with Crippen molar-refractivity contribution in [2.75, 3.05) is 0 Å². The summed E-state index contributed by atoms with van der Waals surface area (Å²) in [6, 6.07) is 11.2. The number of aryl methyl sites for hydroxylation is 3. The van der Waals surface area contributed by atoms with Crippen molar-refractivity contribution in [3.63, 3.8) is 0 Å². The Morgan fingerprint density at radius 1 is 0.957 bits per heavy atom. The van der Waals surface area contributed by atoms with Gasteiger partial charge in [0.25, 0.3) is 0 Å². The maximum Gasteiger partial charge on any atom is 0.141 e. The summed E-state index contributed by atoms with van der Waals surface area (Å²) in [5.74, 6) is 0.118. The summed E-state index contributed by atoms with van der Waals surface area (Å²) in [5, 5.41) is 28.6. The number of aromatic hydroxyl groups is 1. The SMILES string of the molecule is Cc1cc(C)cc(C(O)c2cn(-c3cc(C)ccc3O)nn2)c1. The average molecular weight is 309 g/mol.